The van der Waals surface area contributed by atoms with Crippen molar-refractivity contribution in [3.63, 3.8) is 0 Å². The van der Waals surface area contributed by atoms with Gasteiger partial charge in [0.15, 0.2) is 0 Å². The third-order valence-corrected chi connectivity index (χ3v) is 8.01. The van der Waals surface area contributed by atoms with Gasteiger partial charge in [-0.25, -0.2) is 8.42 Å². The molecule has 4 aliphatic rings. The number of benzene rings is 2. The van der Waals surface area contributed by atoms with Crippen LogP contribution in [-0.4, -0.2) is 45.5 Å². The van der Waals surface area contributed by atoms with E-state index >= 15 is 0 Å². The Bertz CT molecular complexity index is 960. The zero-order valence-corrected chi connectivity index (χ0v) is 15.2. The van der Waals surface area contributed by atoms with Gasteiger partial charge in [-0.1, -0.05) is 24.3 Å². The summed E-state index contributed by atoms with van der Waals surface area (Å²) >= 11 is 0. The van der Waals surface area contributed by atoms with Crippen LogP contribution < -0.4 is 4.90 Å². The molecular weight excluding hydrogens is 332 g/mol. The quantitative estimate of drug-likeness (QED) is 0.673. The molecule has 2 aromatic rings. The predicted molar refractivity (Wildman–Crippen MR) is 98.9 cm³/mol. The maximum absolute atomic E-state index is 13.1. The number of aryl methyl sites for hydroxylation is 1. The second kappa shape index (κ2) is 5.32. The molecule has 0 spiro atoms. The molecule has 0 saturated carbocycles. The molecule has 2 bridgehead atoms. The highest BCUT2D eigenvalue weighted by Crippen LogP contribution is 2.46. The van der Waals surface area contributed by atoms with Crippen molar-refractivity contribution in [1.29, 1.82) is 0 Å². The molecule has 6 rings (SSSR count). The van der Waals surface area contributed by atoms with Gasteiger partial charge in [0.1, 0.15) is 0 Å². The summed E-state index contributed by atoms with van der Waals surface area (Å²) < 4.78 is 26.3. The molecule has 0 aliphatic carbocycles. The van der Waals surface area contributed by atoms with Gasteiger partial charge in [-0.15, -0.1) is 0 Å². The predicted octanol–water partition coefficient (Wildman–Crippen LogP) is 3.09. The van der Waals surface area contributed by atoms with Gasteiger partial charge in [0, 0.05) is 49.0 Å². The summed E-state index contributed by atoms with van der Waals surface area (Å²) in [7, 11) is -3.42. The lowest BCUT2D eigenvalue weighted by molar-refractivity contribution is 0.250. The van der Waals surface area contributed by atoms with E-state index < -0.39 is 9.84 Å². The summed E-state index contributed by atoms with van der Waals surface area (Å²) in [6, 6.07) is 12.3. The average Bonchev–Trinajstić information content (AvgIpc) is 2.81. The number of sulfone groups is 1. The van der Waals surface area contributed by atoms with Crippen molar-refractivity contribution in [2.45, 2.75) is 35.6 Å². The first kappa shape index (κ1) is 15.4. The lowest BCUT2D eigenvalue weighted by Gasteiger charge is -2.33. The first-order valence-electron chi connectivity index (χ1n) is 9.04. The molecule has 0 N–H and O–H groups in total. The minimum Gasteiger partial charge on any atom is -0.367 e. The number of fused-ring (bicyclic) bond motifs is 7. The third kappa shape index (κ3) is 2.19. The fourth-order valence-corrected chi connectivity index (χ4v) is 6.61. The molecule has 0 atom stereocenters. The van der Waals surface area contributed by atoms with Crippen molar-refractivity contribution in [2.24, 2.45) is 0 Å². The normalized spacial score (nSPS) is 26.2. The van der Waals surface area contributed by atoms with E-state index in [4.69, 9.17) is 0 Å². The molecule has 4 nitrogen and oxygen atoms in total. The van der Waals surface area contributed by atoms with Crippen LogP contribution in [0.15, 0.2) is 46.2 Å². The minimum absolute atomic E-state index is 0.480. The Kier molecular flexibility index (Phi) is 3.28. The fourth-order valence-electron chi connectivity index (χ4n) is 4.69. The molecule has 3 fully saturated rings. The van der Waals surface area contributed by atoms with Gasteiger partial charge in [0.25, 0.3) is 0 Å². The Labute approximate surface area is 149 Å². The lowest BCUT2D eigenvalue weighted by Crippen LogP contribution is -2.37. The van der Waals surface area contributed by atoms with E-state index in [9.17, 15) is 8.42 Å². The van der Waals surface area contributed by atoms with Crippen molar-refractivity contribution in [3.05, 3.63) is 42.0 Å². The highest BCUT2D eigenvalue weighted by molar-refractivity contribution is 7.92. The van der Waals surface area contributed by atoms with E-state index in [-0.39, 0.29) is 0 Å². The number of piperidine rings is 1. The Balaban J connectivity index is 1.63. The standard InChI is InChI=1S/C20H22N2O2S/c1-14-3-2-4-18-17-6-5-16(13-19(17)25(23,24)20(14)18)22-12-11-21-9-7-15(22)8-10-21/h2-6,13,15H,7-12H2,1H3. The summed E-state index contributed by atoms with van der Waals surface area (Å²) in [5, 5.41) is 0. The Morgan fingerprint density at radius 2 is 1.76 bits per heavy atom. The van der Waals surface area contributed by atoms with Gasteiger partial charge in [0.2, 0.25) is 9.84 Å². The Morgan fingerprint density at radius 1 is 0.960 bits per heavy atom. The monoisotopic (exact) mass is 354 g/mol. The van der Waals surface area contributed by atoms with Crippen LogP contribution in [0, 0.1) is 6.92 Å². The first-order chi connectivity index (χ1) is 12.1. The maximum Gasteiger partial charge on any atom is 0.208 e. The summed E-state index contributed by atoms with van der Waals surface area (Å²) in [6.45, 7) is 6.25. The van der Waals surface area contributed by atoms with Crippen LogP contribution in [0.3, 0.4) is 0 Å². The summed E-state index contributed by atoms with van der Waals surface area (Å²) in [5.41, 5.74) is 3.59. The first-order valence-corrected chi connectivity index (χ1v) is 10.5. The average molecular weight is 354 g/mol. The number of hydrogen-bond donors (Lipinski definition) is 0. The number of anilines is 1. The third-order valence-electron chi connectivity index (χ3n) is 6.01. The molecule has 0 amide bonds. The minimum atomic E-state index is -3.42. The van der Waals surface area contributed by atoms with E-state index in [0.29, 0.717) is 15.8 Å². The van der Waals surface area contributed by atoms with Crippen molar-refractivity contribution in [3.8, 4) is 11.1 Å². The van der Waals surface area contributed by atoms with Crippen molar-refractivity contribution < 1.29 is 8.42 Å². The van der Waals surface area contributed by atoms with Gasteiger partial charge in [0.05, 0.1) is 9.79 Å². The molecule has 2 aromatic carbocycles. The van der Waals surface area contributed by atoms with E-state index in [1.54, 1.807) is 0 Å². The smallest absolute Gasteiger partial charge is 0.208 e. The van der Waals surface area contributed by atoms with E-state index in [1.165, 1.54) is 12.8 Å². The van der Waals surface area contributed by atoms with Crippen LogP contribution in [0.5, 0.6) is 0 Å². The van der Waals surface area contributed by atoms with Gasteiger partial charge in [-0.05, 0) is 37.5 Å². The van der Waals surface area contributed by atoms with Crippen LogP contribution in [0.2, 0.25) is 0 Å². The van der Waals surface area contributed by atoms with Gasteiger partial charge < -0.3 is 9.80 Å². The second-order valence-electron chi connectivity index (χ2n) is 7.40. The molecule has 4 aliphatic heterocycles. The number of rotatable bonds is 1. The number of hydrogen-bond acceptors (Lipinski definition) is 4. The topological polar surface area (TPSA) is 40.6 Å². The molecule has 5 heteroatoms. The molecule has 3 saturated heterocycles. The van der Waals surface area contributed by atoms with Crippen LogP contribution in [0.25, 0.3) is 11.1 Å². The fraction of sp³-hybridized carbons (Fsp3) is 0.400. The zero-order valence-electron chi connectivity index (χ0n) is 14.4. The van der Waals surface area contributed by atoms with Crippen molar-refractivity contribution in [2.75, 3.05) is 31.1 Å². The van der Waals surface area contributed by atoms with Gasteiger partial charge >= 0.3 is 0 Å². The van der Waals surface area contributed by atoms with Crippen LogP contribution >= 0.6 is 0 Å². The zero-order chi connectivity index (χ0) is 17.2. The highest BCUT2D eigenvalue weighted by Gasteiger charge is 2.36. The summed E-state index contributed by atoms with van der Waals surface area (Å²) in [6.07, 6.45) is 2.34. The molecule has 0 unspecified atom stereocenters. The van der Waals surface area contributed by atoms with Crippen LogP contribution in [0.1, 0.15) is 18.4 Å². The lowest BCUT2D eigenvalue weighted by atomic mass is 10.0. The Morgan fingerprint density at radius 3 is 2.56 bits per heavy atom. The summed E-state index contributed by atoms with van der Waals surface area (Å²) in [5.74, 6) is 0. The largest absolute Gasteiger partial charge is 0.367 e. The maximum atomic E-state index is 13.1. The second-order valence-corrected chi connectivity index (χ2v) is 9.26. The molecule has 0 aromatic heterocycles. The molecule has 0 radical (unpaired) electrons. The van der Waals surface area contributed by atoms with E-state index in [2.05, 4.69) is 15.9 Å². The molecule has 25 heavy (non-hydrogen) atoms. The highest BCUT2D eigenvalue weighted by atomic mass is 32.2. The SMILES string of the molecule is Cc1cccc2c1S(=O)(=O)c1cc(N3CCN4CCC3CC4)ccc1-2. The summed E-state index contributed by atoms with van der Waals surface area (Å²) in [4.78, 5) is 5.91. The van der Waals surface area contributed by atoms with Gasteiger partial charge in [-0.3, -0.25) is 0 Å². The van der Waals surface area contributed by atoms with Gasteiger partial charge in [-0.2, -0.15) is 0 Å². The van der Waals surface area contributed by atoms with E-state index in [0.717, 1.165) is 48.6 Å². The molecule has 4 heterocycles. The van der Waals surface area contributed by atoms with Crippen molar-refractivity contribution in [1.82, 2.24) is 4.90 Å². The molecular formula is C20H22N2O2S. The van der Waals surface area contributed by atoms with Crippen LogP contribution in [-0.2, 0) is 9.84 Å². The van der Waals surface area contributed by atoms with Crippen molar-refractivity contribution >= 4 is 15.5 Å². The molecule has 130 valence electrons. The van der Waals surface area contributed by atoms with Crippen LogP contribution in [0.4, 0.5) is 5.69 Å². The van der Waals surface area contributed by atoms with E-state index in [1.807, 2.05) is 37.3 Å². The Hall–Kier alpha value is -1.85. The number of nitrogens with zero attached hydrogens (tertiary/aromatic N) is 2.